The van der Waals surface area contributed by atoms with Crippen LogP contribution in [0.15, 0.2) is 0 Å². The summed E-state index contributed by atoms with van der Waals surface area (Å²) in [5, 5.41) is 4.78. The first-order chi connectivity index (χ1) is 9.79. The van der Waals surface area contributed by atoms with Crippen LogP contribution >= 0.6 is 11.3 Å². The Morgan fingerprint density at radius 3 is 2.62 bits per heavy atom. The van der Waals surface area contributed by atoms with Crippen LogP contribution < -0.4 is 10.2 Å². The van der Waals surface area contributed by atoms with Crippen LogP contribution in [0.4, 0.5) is 5.13 Å². The lowest BCUT2D eigenvalue weighted by Crippen LogP contribution is -2.37. The summed E-state index contributed by atoms with van der Waals surface area (Å²) in [6, 6.07) is 1.14. The molecule has 0 aromatic carbocycles. The molecule has 21 heavy (non-hydrogen) atoms. The molecule has 1 fully saturated rings. The highest BCUT2D eigenvalue weighted by molar-refractivity contribution is 7.15. The Morgan fingerprint density at radius 1 is 1.33 bits per heavy atom. The molecule has 1 saturated heterocycles. The molecule has 120 valence electrons. The summed E-state index contributed by atoms with van der Waals surface area (Å²) in [7, 11) is 0. The molecule has 2 heterocycles. The third-order valence-electron chi connectivity index (χ3n) is 4.12. The molecular weight excluding hydrogens is 278 g/mol. The van der Waals surface area contributed by atoms with Crippen LogP contribution in [0.25, 0.3) is 0 Å². The molecule has 1 unspecified atom stereocenters. The smallest absolute Gasteiger partial charge is 0.186 e. The fourth-order valence-corrected chi connectivity index (χ4v) is 4.20. The average molecular weight is 310 g/mol. The average Bonchev–Trinajstić information content (AvgIpc) is 2.81. The van der Waals surface area contributed by atoms with Crippen LogP contribution in [0.3, 0.4) is 0 Å². The van der Waals surface area contributed by atoms with Gasteiger partial charge in [0.15, 0.2) is 5.13 Å². The Bertz CT molecular complexity index is 459. The fourth-order valence-electron chi connectivity index (χ4n) is 2.85. The van der Waals surface area contributed by atoms with Crippen LogP contribution in [-0.4, -0.2) is 23.6 Å². The lowest BCUT2D eigenvalue weighted by molar-refractivity contribution is 0.482. The second-order valence-corrected chi connectivity index (χ2v) is 8.65. The lowest BCUT2D eigenvalue weighted by atomic mass is 9.91. The second kappa shape index (κ2) is 6.66. The van der Waals surface area contributed by atoms with E-state index in [-0.39, 0.29) is 5.41 Å². The molecule has 1 aliphatic rings. The van der Waals surface area contributed by atoms with Gasteiger partial charge in [-0.1, -0.05) is 34.6 Å². The largest absolute Gasteiger partial charge is 0.345 e. The third-order valence-corrected chi connectivity index (χ3v) is 5.21. The fraction of sp³-hybridized carbons (Fsp3) is 0.824. The Balaban J connectivity index is 2.26. The highest BCUT2D eigenvalue weighted by atomic mass is 32.1. The van der Waals surface area contributed by atoms with Crippen molar-refractivity contribution in [1.82, 2.24) is 10.3 Å². The molecule has 0 saturated carbocycles. The van der Waals surface area contributed by atoms with E-state index in [0.29, 0.717) is 12.1 Å². The third kappa shape index (κ3) is 4.19. The molecule has 3 nitrogen and oxygen atoms in total. The number of anilines is 1. The molecule has 0 radical (unpaired) electrons. The minimum Gasteiger partial charge on any atom is -0.345 e. The number of nitrogens with zero attached hydrogens (tertiary/aromatic N) is 2. The molecule has 4 heteroatoms. The van der Waals surface area contributed by atoms with E-state index in [0.717, 1.165) is 13.1 Å². The van der Waals surface area contributed by atoms with Gasteiger partial charge in [-0.15, -0.1) is 11.3 Å². The van der Waals surface area contributed by atoms with Gasteiger partial charge in [0.1, 0.15) is 0 Å². The lowest BCUT2D eigenvalue weighted by Gasteiger charge is -2.33. The molecule has 1 atom stereocenters. The number of hydrogen-bond acceptors (Lipinski definition) is 4. The maximum absolute atomic E-state index is 5.04. The zero-order chi connectivity index (χ0) is 15.6. The highest BCUT2D eigenvalue weighted by Crippen LogP contribution is 2.36. The quantitative estimate of drug-likeness (QED) is 0.898. The first kappa shape index (κ1) is 16.8. The first-order valence-corrected chi connectivity index (χ1v) is 9.11. The van der Waals surface area contributed by atoms with Crippen LogP contribution in [0.1, 0.15) is 71.4 Å². The van der Waals surface area contributed by atoms with Gasteiger partial charge in [0, 0.05) is 35.5 Å². The zero-order valence-electron chi connectivity index (χ0n) is 14.5. The molecule has 1 aromatic rings. The Labute approximate surface area is 134 Å². The van der Waals surface area contributed by atoms with Gasteiger partial charge >= 0.3 is 0 Å². The first-order valence-electron chi connectivity index (χ1n) is 8.29. The molecule has 1 aromatic heterocycles. The van der Waals surface area contributed by atoms with Gasteiger partial charge in [-0.3, -0.25) is 0 Å². The summed E-state index contributed by atoms with van der Waals surface area (Å²) in [4.78, 5) is 8.96. The summed E-state index contributed by atoms with van der Waals surface area (Å²) >= 11 is 1.89. The van der Waals surface area contributed by atoms with Gasteiger partial charge in [-0.25, -0.2) is 4.98 Å². The molecule has 1 N–H and O–H groups in total. The summed E-state index contributed by atoms with van der Waals surface area (Å²) in [6.07, 6.45) is 3.95. The zero-order valence-corrected chi connectivity index (χ0v) is 15.3. The van der Waals surface area contributed by atoms with E-state index < -0.39 is 0 Å². The van der Waals surface area contributed by atoms with Crippen LogP contribution in [0, 0.1) is 0 Å². The van der Waals surface area contributed by atoms with Gasteiger partial charge in [0.25, 0.3) is 0 Å². The molecule has 0 amide bonds. The summed E-state index contributed by atoms with van der Waals surface area (Å²) in [5.74, 6) is 0. The van der Waals surface area contributed by atoms with E-state index in [9.17, 15) is 0 Å². The van der Waals surface area contributed by atoms with Crippen molar-refractivity contribution in [2.75, 3.05) is 11.4 Å². The van der Waals surface area contributed by atoms with Gasteiger partial charge in [-0.05, 0) is 26.2 Å². The number of aromatic nitrogens is 1. The van der Waals surface area contributed by atoms with Crippen LogP contribution in [-0.2, 0) is 12.0 Å². The van der Waals surface area contributed by atoms with Gasteiger partial charge in [0.2, 0.25) is 0 Å². The highest BCUT2D eigenvalue weighted by Gasteiger charge is 2.27. The maximum Gasteiger partial charge on any atom is 0.186 e. The van der Waals surface area contributed by atoms with Crippen molar-refractivity contribution < 1.29 is 0 Å². The van der Waals surface area contributed by atoms with E-state index in [4.69, 9.17) is 4.98 Å². The van der Waals surface area contributed by atoms with Gasteiger partial charge in [0.05, 0.1) is 5.69 Å². The molecule has 0 spiro atoms. The van der Waals surface area contributed by atoms with Crippen molar-refractivity contribution in [3.05, 3.63) is 10.6 Å². The van der Waals surface area contributed by atoms with E-state index in [1.54, 1.807) is 0 Å². The normalized spacial score (nSPS) is 20.3. The topological polar surface area (TPSA) is 28.2 Å². The Kier molecular flexibility index (Phi) is 5.31. The Morgan fingerprint density at radius 2 is 2.05 bits per heavy atom. The van der Waals surface area contributed by atoms with Crippen molar-refractivity contribution in [2.45, 2.75) is 84.8 Å². The molecular formula is C17H31N3S. The van der Waals surface area contributed by atoms with Crippen molar-refractivity contribution in [2.24, 2.45) is 0 Å². The monoisotopic (exact) mass is 309 g/mol. The summed E-state index contributed by atoms with van der Waals surface area (Å²) in [6.45, 7) is 15.6. The van der Waals surface area contributed by atoms with E-state index in [1.807, 2.05) is 11.3 Å². The van der Waals surface area contributed by atoms with Crippen molar-refractivity contribution >= 4 is 16.5 Å². The summed E-state index contributed by atoms with van der Waals surface area (Å²) < 4.78 is 0. The number of rotatable bonds is 4. The Hall–Kier alpha value is -0.610. The van der Waals surface area contributed by atoms with E-state index in [2.05, 4.69) is 51.8 Å². The minimum absolute atomic E-state index is 0.113. The van der Waals surface area contributed by atoms with Crippen molar-refractivity contribution in [3.63, 3.8) is 0 Å². The van der Waals surface area contributed by atoms with Gasteiger partial charge in [-0.2, -0.15) is 0 Å². The number of hydrogen-bond donors (Lipinski definition) is 1. The minimum atomic E-state index is 0.113. The van der Waals surface area contributed by atoms with E-state index >= 15 is 0 Å². The van der Waals surface area contributed by atoms with E-state index in [1.165, 1.54) is 35.0 Å². The van der Waals surface area contributed by atoms with Crippen LogP contribution in [0.2, 0.25) is 0 Å². The number of nitrogens with one attached hydrogen (secondary N) is 1. The molecule has 0 bridgehead atoms. The van der Waals surface area contributed by atoms with Crippen LogP contribution in [0.5, 0.6) is 0 Å². The standard InChI is InChI=1S/C17H31N3S/c1-12(2)18-11-14-15(17(4,5)6)19-16(21-14)20-10-8-7-9-13(20)3/h12-13,18H,7-11H2,1-6H3. The number of piperidine rings is 1. The molecule has 2 rings (SSSR count). The molecule has 1 aliphatic heterocycles. The SMILES string of the molecule is CC(C)NCc1sc(N2CCCCC2C)nc1C(C)(C)C. The van der Waals surface area contributed by atoms with Gasteiger partial charge < -0.3 is 10.2 Å². The second-order valence-electron chi connectivity index (χ2n) is 7.59. The molecule has 0 aliphatic carbocycles. The maximum atomic E-state index is 5.04. The van der Waals surface area contributed by atoms with Crippen molar-refractivity contribution in [1.29, 1.82) is 0 Å². The predicted octanol–water partition coefficient (Wildman–Crippen LogP) is 4.32. The van der Waals surface area contributed by atoms with Crippen molar-refractivity contribution in [3.8, 4) is 0 Å². The summed E-state index contributed by atoms with van der Waals surface area (Å²) in [5.41, 5.74) is 1.38. The predicted molar refractivity (Wildman–Crippen MR) is 93.4 cm³/mol. The number of thiazole rings is 1.